The lowest BCUT2D eigenvalue weighted by Gasteiger charge is -2.41. The average molecular weight is 198 g/mol. The Bertz CT molecular complexity index is 160. The van der Waals surface area contributed by atoms with Crippen LogP contribution in [0.3, 0.4) is 0 Å². The van der Waals surface area contributed by atoms with Crippen LogP contribution >= 0.6 is 0 Å². The zero-order chi connectivity index (χ0) is 10.6. The predicted molar refractivity (Wildman–Crippen MR) is 62.6 cm³/mol. The van der Waals surface area contributed by atoms with E-state index < -0.39 is 0 Å². The Kier molecular flexibility index (Phi) is 4.39. The molecule has 1 fully saturated rings. The maximum absolute atomic E-state index is 3.50. The van der Waals surface area contributed by atoms with Crippen LogP contribution in [0.15, 0.2) is 0 Å². The fourth-order valence-corrected chi connectivity index (χ4v) is 2.81. The Labute approximate surface area is 88.8 Å². The Balaban J connectivity index is 2.59. The number of hydrogen-bond acceptors (Lipinski definition) is 2. The van der Waals surface area contributed by atoms with E-state index in [1.807, 2.05) is 0 Å². The van der Waals surface area contributed by atoms with Crippen LogP contribution < -0.4 is 10.6 Å². The highest BCUT2D eigenvalue weighted by molar-refractivity contribution is 4.94. The van der Waals surface area contributed by atoms with E-state index in [9.17, 15) is 0 Å². The van der Waals surface area contributed by atoms with Crippen molar-refractivity contribution in [2.75, 3.05) is 14.1 Å². The van der Waals surface area contributed by atoms with Gasteiger partial charge in [0.1, 0.15) is 0 Å². The smallest absolute Gasteiger partial charge is 0.0278 e. The Morgan fingerprint density at radius 3 is 2.07 bits per heavy atom. The summed E-state index contributed by atoms with van der Waals surface area (Å²) in [6.07, 6.45) is 7.07. The fourth-order valence-electron chi connectivity index (χ4n) is 2.81. The molecule has 2 heteroatoms. The van der Waals surface area contributed by atoms with Gasteiger partial charge in [-0.3, -0.25) is 0 Å². The van der Waals surface area contributed by atoms with Crippen LogP contribution in [-0.4, -0.2) is 25.7 Å². The largest absolute Gasteiger partial charge is 0.315 e. The van der Waals surface area contributed by atoms with Crippen molar-refractivity contribution in [3.8, 4) is 0 Å². The first-order valence-electron chi connectivity index (χ1n) is 5.98. The summed E-state index contributed by atoms with van der Waals surface area (Å²) in [5.74, 6) is 0.858. The molecule has 0 radical (unpaired) electrons. The lowest BCUT2D eigenvalue weighted by atomic mass is 9.76. The molecule has 1 aliphatic rings. The van der Waals surface area contributed by atoms with Crippen LogP contribution in [0.1, 0.15) is 46.0 Å². The van der Waals surface area contributed by atoms with Gasteiger partial charge in [-0.05, 0) is 46.7 Å². The number of rotatable bonds is 4. The molecule has 0 aromatic heterocycles. The molecule has 1 rings (SSSR count). The van der Waals surface area contributed by atoms with Gasteiger partial charge in [0.05, 0.1) is 0 Å². The molecule has 0 aromatic rings. The number of nitrogens with one attached hydrogen (secondary N) is 2. The van der Waals surface area contributed by atoms with E-state index in [1.165, 1.54) is 32.1 Å². The van der Waals surface area contributed by atoms with Gasteiger partial charge in [-0.15, -0.1) is 0 Å². The molecule has 2 nitrogen and oxygen atoms in total. The maximum Gasteiger partial charge on any atom is 0.0278 e. The van der Waals surface area contributed by atoms with Crippen molar-refractivity contribution in [3.05, 3.63) is 0 Å². The average Bonchev–Trinajstić information content (AvgIpc) is 2.20. The quantitative estimate of drug-likeness (QED) is 0.723. The first kappa shape index (κ1) is 12.0. The molecular weight excluding hydrogens is 172 g/mol. The van der Waals surface area contributed by atoms with Gasteiger partial charge in [-0.2, -0.15) is 0 Å². The summed E-state index contributed by atoms with van der Waals surface area (Å²) in [6, 6.07) is 0.604. The van der Waals surface area contributed by atoms with Crippen molar-refractivity contribution in [3.63, 3.8) is 0 Å². The summed E-state index contributed by atoms with van der Waals surface area (Å²) >= 11 is 0. The van der Waals surface area contributed by atoms with Gasteiger partial charge >= 0.3 is 0 Å². The minimum atomic E-state index is 0.205. The minimum absolute atomic E-state index is 0.205. The van der Waals surface area contributed by atoms with Crippen LogP contribution in [-0.2, 0) is 0 Å². The molecule has 1 saturated carbocycles. The monoisotopic (exact) mass is 198 g/mol. The SMILES string of the molecule is CNC(C1CCCCC1)C(C)(C)NC. The third-order valence-electron chi connectivity index (χ3n) is 3.85. The normalized spacial score (nSPS) is 22.3. The summed E-state index contributed by atoms with van der Waals surface area (Å²) in [7, 11) is 4.16. The van der Waals surface area contributed by atoms with Crippen molar-refractivity contribution >= 4 is 0 Å². The Morgan fingerprint density at radius 1 is 1.07 bits per heavy atom. The summed E-state index contributed by atoms with van der Waals surface area (Å²) < 4.78 is 0. The summed E-state index contributed by atoms with van der Waals surface area (Å²) in [4.78, 5) is 0. The second-order valence-electron chi connectivity index (χ2n) is 5.14. The molecule has 0 bridgehead atoms. The van der Waals surface area contributed by atoms with Gasteiger partial charge in [-0.25, -0.2) is 0 Å². The van der Waals surface area contributed by atoms with Gasteiger partial charge < -0.3 is 10.6 Å². The van der Waals surface area contributed by atoms with Crippen molar-refractivity contribution in [1.29, 1.82) is 0 Å². The van der Waals surface area contributed by atoms with Gasteiger partial charge in [-0.1, -0.05) is 19.3 Å². The van der Waals surface area contributed by atoms with Crippen molar-refractivity contribution in [2.24, 2.45) is 5.92 Å². The Hall–Kier alpha value is -0.0800. The molecule has 1 atom stereocenters. The molecule has 0 heterocycles. The van der Waals surface area contributed by atoms with E-state index in [1.54, 1.807) is 0 Å². The Morgan fingerprint density at radius 2 is 1.64 bits per heavy atom. The van der Waals surface area contributed by atoms with E-state index in [-0.39, 0.29) is 5.54 Å². The van der Waals surface area contributed by atoms with E-state index >= 15 is 0 Å². The predicted octanol–water partition coefficient (Wildman–Crippen LogP) is 2.15. The fraction of sp³-hybridized carbons (Fsp3) is 1.00. The van der Waals surface area contributed by atoms with Gasteiger partial charge in [0, 0.05) is 11.6 Å². The molecule has 0 aliphatic heterocycles. The standard InChI is InChI=1S/C12H26N2/c1-12(2,14-4)11(13-3)10-8-6-5-7-9-10/h10-11,13-14H,5-9H2,1-4H3. The molecule has 14 heavy (non-hydrogen) atoms. The van der Waals surface area contributed by atoms with Gasteiger partial charge in [0.2, 0.25) is 0 Å². The van der Waals surface area contributed by atoms with E-state index in [0.717, 1.165) is 5.92 Å². The van der Waals surface area contributed by atoms with Crippen LogP contribution in [0.2, 0.25) is 0 Å². The lowest BCUT2D eigenvalue weighted by Crippen LogP contribution is -2.57. The number of likely N-dealkylation sites (N-methyl/N-ethyl adjacent to an activating group) is 2. The second kappa shape index (κ2) is 5.13. The van der Waals surface area contributed by atoms with Crippen LogP contribution in [0.5, 0.6) is 0 Å². The van der Waals surface area contributed by atoms with E-state index in [0.29, 0.717) is 6.04 Å². The van der Waals surface area contributed by atoms with Crippen LogP contribution in [0, 0.1) is 5.92 Å². The molecule has 0 aromatic carbocycles. The lowest BCUT2D eigenvalue weighted by molar-refractivity contribution is 0.186. The molecular formula is C12H26N2. The van der Waals surface area contributed by atoms with Gasteiger partial charge in [0.25, 0.3) is 0 Å². The third kappa shape index (κ3) is 2.71. The van der Waals surface area contributed by atoms with Crippen molar-refractivity contribution in [2.45, 2.75) is 57.5 Å². The molecule has 84 valence electrons. The van der Waals surface area contributed by atoms with Crippen LogP contribution in [0.4, 0.5) is 0 Å². The highest BCUT2D eigenvalue weighted by Gasteiger charge is 2.33. The molecule has 2 N–H and O–H groups in total. The molecule has 0 saturated heterocycles. The first-order valence-corrected chi connectivity index (χ1v) is 5.98. The van der Waals surface area contributed by atoms with Crippen molar-refractivity contribution in [1.82, 2.24) is 10.6 Å². The molecule has 1 aliphatic carbocycles. The first-order chi connectivity index (χ1) is 6.61. The highest BCUT2D eigenvalue weighted by atomic mass is 15.0. The summed E-state index contributed by atoms with van der Waals surface area (Å²) in [6.45, 7) is 4.59. The second-order valence-corrected chi connectivity index (χ2v) is 5.14. The number of hydrogen-bond donors (Lipinski definition) is 2. The topological polar surface area (TPSA) is 24.1 Å². The van der Waals surface area contributed by atoms with E-state index in [2.05, 4.69) is 38.6 Å². The highest BCUT2D eigenvalue weighted by Crippen LogP contribution is 2.30. The van der Waals surface area contributed by atoms with E-state index in [4.69, 9.17) is 0 Å². The van der Waals surface area contributed by atoms with Gasteiger partial charge in [0.15, 0.2) is 0 Å². The summed E-state index contributed by atoms with van der Waals surface area (Å²) in [5, 5.41) is 6.93. The molecule has 0 spiro atoms. The zero-order valence-corrected chi connectivity index (χ0v) is 10.2. The molecule has 0 amide bonds. The zero-order valence-electron chi connectivity index (χ0n) is 10.2. The minimum Gasteiger partial charge on any atom is -0.315 e. The molecule has 1 unspecified atom stereocenters. The summed E-state index contributed by atoms with van der Waals surface area (Å²) in [5.41, 5.74) is 0.205. The maximum atomic E-state index is 3.50. The third-order valence-corrected chi connectivity index (χ3v) is 3.85. The van der Waals surface area contributed by atoms with Crippen LogP contribution in [0.25, 0.3) is 0 Å². The van der Waals surface area contributed by atoms with Crippen molar-refractivity contribution < 1.29 is 0 Å².